The number of ether oxygens (including phenoxy) is 1. The maximum atomic E-state index is 12.1. The van der Waals surface area contributed by atoms with Crippen molar-refractivity contribution in [2.75, 3.05) is 26.5 Å². The number of nitrogens with one attached hydrogen (secondary N) is 2. The average molecular weight is 665 g/mol. The van der Waals surface area contributed by atoms with E-state index in [1.165, 1.54) is 68.6 Å². The molecule has 6 rings (SSSR count). The lowest BCUT2D eigenvalue weighted by Gasteiger charge is -2.72. The van der Waals surface area contributed by atoms with Crippen LogP contribution >= 0.6 is 0 Å². The Morgan fingerprint density at radius 2 is 1.62 bits per heavy atom. The van der Waals surface area contributed by atoms with Crippen LogP contribution in [-0.2, 0) is 14.8 Å². The summed E-state index contributed by atoms with van der Waals surface area (Å²) in [5.41, 5.74) is 5.41. The van der Waals surface area contributed by atoms with Crippen molar-refractivity contribution < 1.29 is 17.9 Å². The molecule has 47 heavy (non-hydrogen) atoms. The van der Waals surface area contributed by atoms with Crippen molar-refractivity contribution in [2.45, 2.75) is 105 Å². The molecule has 0 bridgehead atoms. The molecule has 7 heteroatoms. The molecule has 4 saturated carbocycles. The summed E-state index contributed by atoms with van der Waals surface area (Å²) >= 11 is 0. The Morgan fingerprint density at radius 1 is 0.915 bits per heavy atom. The van der Waals surface area contributed by atoms with Crippen molar-refractivity contribution in [1.82, 2.24) is 10.0 Å². The van der Waals surface area contributed by atoms with E-state index < -0.39 is 10.0 Å². The van der Waals surface area contributed by atoms with Crippen molar-refractivity contribution in [2.24, 2.45) is 51.2 Å². The Hall–Kier alpha value is -1.96. The SMILES string of the molecule is C=C(C)[C@@H]1CC[C@]2(NCCNS(C)(=O)=O)CC[C@]3(C)[C@H](CC[C@@H]4[C@@]5(C)CC=C(c6ccc(C(=O)OC)cc6)C(C)(C)[C@@H]5CC[C@]43C)[C@@H]12. The highest BCUT2D eigenvalue weighted by Crippen LogP contribution is 2.76. The number of hydrogen-bond donors (Lipinski definition) is 2. The molecule has 4 fully saturated rings. The number of sulfonamides is 1. The van der Waals surface area contributed by atoms with Gasteiger partial charge in [-0.1, -0.05) is 65.0 Å². The standard InChI is InChI=1S/C40H60N2O4S/c1-26(2)29-16-21-40(41-24-25-42-47(9,44)45)23-22-38(6)31(34(29)40)14-15-33-37(5)19-17-30(27-10-12-28(13-11-27)35(43)46-8)36(3,4)32(37)18-20-39(33,38)7/h10-13,17,29,31-34,41-42H,1,14-16,18-25H2,2-9H3/t29-,31+,32-,33+,34+,37-,38+,39+,40-/m0/s1. The average Bonchev–Trinajstić information content (AvgIpc) is 3.39. The quantitative estimate of drug-likeness (QED) is 0.167. The third-order valence-corrected chi connectivity index (χ3v) is 16.0. The summed E-state index contributed by atoms with van der Waals surface area (Å²) < 4.78 is 31.2. The van der Waals surface area contributed by atoms with Crippen molar-refractivity contribution in [3.8, 4) is 0 Å². The lowest BCUT2D eigenvalue weighted by molar-refractivity contribution is -0.219. The summed E-state index contributed by atoms with van der Waals surface area (Å²) in [6.07, 6.45) is 14.7. The molecule has 1 aromatic carbocycles. The maximum Gasteiger partial charge on any atom is 0.337 e. The first-order valence-electron chi connectivity index (χ1n) is 18.2. The summed E-state index contributed by atoms with van der Waals surface area (Å²) in [5.74, 6) is 2.67. The van der Waals surface area contributed by atoms with Gasteiger partial charge in [-0.25, -0.2) is 17.9 Å². The summed E-state index contributed by atoms with van der Waals surface area (Å²) in [7, 11) is -1.77. The molecule has 9 atom stereocenters. The van der Waals surface area contributed by atoms with Crippen molar-refractivity contribution >= 4 is 21.6 Å². The van der Waals surface area contributed by atoms with Crippen LogP contribution in [0.3, 0.4) is 0 Å². The van der Waals surface area contributed by atoms with Crippen LogP contribution in [0.5, 0.6) is 0 Å². The van der Waals surface area contributed by atoms with Crippen molar-refractivity contribution in [1.29, 1.82) is 0 Å². The number of esters is 1. The lowest BCUT2D eigenvalue weighted by Crippen LogP contribution is -2.68. The zero-order valence-corrected chi connectivity index (χ0v) is 31.1. The summed E-state index contributed by atoms with van der Waals surface area (Å²) in [5, 5.41) is 3.98. The minimum absolute atomic E-state index is 0.0288. The molecular formula is C40H60N2O4S. The lowest BCUT2D eigenvalue weighted by atomic mass is 9.33. The van der Waals surface area contributed by atoms with E-state index in [1.807, 2.05) is 12.1 Å². The van der Waals surface area contributed by atoms with E-state index in [9.17, 15) is 13.2 Å². The minimum Gasteiger partial charge on any atom is -0.465 e. The molecule has 2 N–H and O–H groups in total. The highest BCUT2D eigenvalue weighted by Gasteiger charge is 2.70. The fraction of sp³-hybridized carbons (Fsp3) is 0.725. The monoisotopic (exact) mass is 664 g/mol. The first-order chi connectivity index (χ1) is 21.9. The van der Waals surface area contributed by atoms with Crippen LogP contribution < -0.4 is 10.0 Å². The molecule has 260 valence electrons. The predicted molar refractivity (Wildman–Crippen MR) is 191 cm³/mol. The molecular weight excluding hydrogens is 605 g/mol. The van der Waals surface area contributed by atoms with Gasteiger partial charge < -0.3 is 10.1 Å². The van der Waals surface area contributed by atoms with Gasteiger partial charge in [0.05, 0.1) is 18.9 Å². The van der Waals surface area contributed by atoms with Gasteiger partial charge in [-0.15, -0.1) is 0 Å². The first-order valence-corrected chi connectivity index (χ1v) is 20.1. The molecule has 1 aromatic rings. The largest absolute Gasteiger partial charge is 0.465 e. The molecule has 0 spiro atoms. The van der Waals surface area contributed by atoms with Crippen molar-refractivity contribution in [3.63, 3.8) is 0 Å². The summed E-state index contributed by atoms with van der Waals surface area (Å²) in [4.78, 5) is 12.1. The van der Waals surface area contributed by atoms with Gasteiger partial charge in [-0.05, 0) is 139 Å². The van der Waals surface area contributed by atoms with Crippen LogP contribution in [-0.4, -0.2) is 46.4 Å². The number of fused-ring (bicyclic) bond motifs is 7. The fourth-order valence-electron chi connectivity index (χ4n) is 13.0. The molecule has 0 radical (unpaired) electrons. The molecule has 0 heterocycles. The topological polar surface area (TPSA) is 84.5 Å². The Balaban J connectivity index is 1.30. The Kier molecular flexibility index (Phi) is 8.78. The van der Waals surface area contributed by atoms with Gasteiger partial charge in [0.2, 0.25) is 10.0 Å². The van der Waals surface area contributed by atoms with E-state index in [4.69, 9.17) is 4.74 Å². The van der Waals surface area contributed by atoms with Crippen LogP contribution in [0.4, 0.5) is 0 Å². The van der Waals surface area contributed by atoms with E-state index in [2.05, 4.69) is 76.4 Å². The van der Waals surface area contributed by atoms with E-state index in [0.29, 0.717) is 48.2 Å². The van der Waals surface area contributed by atoms with Gasteiger partial charge >= 0.3 is 5.97 Å². The highest BCUT2D eigenvalue weighted by molar-refractivity contribution is 7.88. The Labute approximate surface area is 285 Å². The van der Waals surface area contributed by atoms with Gasteiger partial charge in [-0.2, -0.15) is 0 Å². The normalized spacial score (nSPS) is 40.7. The third-order valence-electron chi connectivity index (χ3n) is 15.2. The number of methoxy groups -OCH3 is 1. The van der Waals surface area contributed by atoms with Crippen LogP contribution in [0, 0.1) is 51.2 Å². The highest BCUT2D eigenvalue weighted by atomic mass is 32.2. The molecule has 0 unspecified atom stereocenters. The van der Waals surface area contributed by atoms with Crippen molar-refractivity contribution in [3.05, 3.63) is 53.6 Å². The number of carbonyl (C=O) groups is 1. The molecule has 0 amide bonds. The second-order valence-corrected chi connectivity index (χ2v) is 19.4. The first kappa shape index (κ1) is 34.9. The molecule has 5 aliphatic carbocycles. The van der Waals surface area contributed by atoms with Gasteiger partial charge in [-0.3, -0.25) is 0 Å². The van der Waals surface area contributed by atoms with E-state index in [0.717, 1.165) is 19.3 Å². The second-order valence-electron chi connectivity index (χ2n) is 17.5. The van der Waals surface area contributed by atoms with E-state index in [-0.39, 0.29) is 33.2 Å². The number of benzene rings is 1. The smallest absolute Gasteiger partial charge is 0.337 e. The van der Waals surface area contributed by atoms with Gasteiger partial charge in [0, 0.05) is 18.6 Å². The third kappa shape index (κ3) is 5.40. The van der Waals surface area contributed by atoms with Crippen LogP contribution in [0.25, 0.3) is 5.57 Å². The zero-order chi connectivity index (χ0) is 34.2. The molecule has 6 nitrogen and oxygen atoms in total. The number of allylic oxidation sites excluding steroid dienone is 3. The van der Waals surface area contributed by atoms with Gasteiger partial charge in [0.25, 0.3) is 0 Å². The number of carbonyl (C=O) groups excluding carboxylic acids is 1. The van der Waals surface area contributed by atoms with Gasteiger partial charge in [0.15, 0.2) is 0 Å². The van der Waals surface area contributed by atoms with Crippen LogP contribution in [0.2, 0.25) is 0 Å². The van der Waals surface area contributed by atoms with Crippen LogP contribution in [0.15, 0.2) is 42.5 Å². The van der Waals surface area contributed by atoms with E-state index >= 15 is 0 Å². The molecule has 5 aliphatic rings. The Morgan fingerprint density at radius 3 is 2.26 bits per heavy atom. The van der Waals surface area contributed by atoms with Crippen LogP contribution in [0.1, 0.15) is 115 Å². The Bertz CT molecular complexity index is 1550. The molecule has 0 aliphatic heterocycles. The minimum atomic E-state index is -3.20. The summed E-state index contributed by atoms with van der Waals surface area (Å²) in [6.45, 7) is 20.8. The second kappa shape index (κ2) is 11.8. The predicted octanol–water partition coefficient (Wildman–Crippen LogP) is 8.02. The number of hydrogen-bond acceptors (Lipinski definition) is 5. The molecule has 0 saturated heterocycles. The number of rotatable bonds is 8. The van der Waals surface area contributed by atoms with Gasteiger partial charge in [0.1, 0.15) is 0 Å². The van der Waals surface area contributed by atoms with E-state index in [1.54, 1.807) is 0 Å². The zero-order valence-electron chi connectivity index (χ0n) is 30.3. The fourth-order valence-corrected chi connectivity index (χ4v) is 13.5. The summed E-state index contributed by atoms with van der Waals surface area (Å²) in [6, 6.07) is 8.04. The maximum absolute atomic E-state index is 12.1. The molecule has 0 aromatic heterocycles.